The van der Waals surface area contributed by atoms with Crippen molar-refractivity contribution < 1.29 is 18.3 Å². The molecule has 22 heavy (non-hydrogen) atoms. The Kier molecular flexibility index (Phi) is 5.71. The zero-order valence-electron chi connectivity index (χ0n) is 13.0. The first-order valence-electron chi connectivity index (χ1n) is 7.40. The van der Waals surface area contributed by atoms with Crippen LogP contribution in [0.3, 0.4) is 0 Å². The van der Waals surface area contributed by atoms with Crippen LogP contribution >= 0.6 is 0 Å². The number of likely N-dealkylation sites (N-methyl/N-ethyl adjacent to an activating group) is 1. The van der Waals surface area contributed by atoms with Crippen LogP contribution in [0.2, 0.25) is 0 Å². The van der Waals surface area contributed by atoms with Gasteiger partial charge in [-0.2, -0.15) is 8.78 Å². The predicted octanol–water partition coefficient (Wildman–Crippen LogP) is 2.24. The maximum Gasteiger partial charge on any atom is 0.387 e. The maximum atomic E-state index is 12.2. The standard InChI is InChI=1S/C16H22F2N2O2/c1-19-7-6-13(10-19)11-20(2)15(21)9-12-4-3-5-14(8-12)22-16(17)18/h3-5,8,13,16H,6-7,9-11H2,1-2H3. The van der Waals surface area contributed by atoms with E-state index in [4.69, 9.17) is 0 Å². The van der Waals surface area contributed by atoms with Crippen LogP contribution in [0.25, 0.3) is 0 Å². The molecule has 0 spiro atoms. The highest BCUT2D eigenvalue weighted by Gasteiger charge is 2.22. The third kappa shape index (κ3) is 4.94. The minimum atomic E-state index is -2.85. The van der Waals surface area contributed by atoms with E-state index in [0.717, 1.165) is 26.1 Å². The molecule has 1 aromatic carbocycles. The van der Waals surface area contributed by atoms with Gasteiger partial charge in [-0.3, -0.25) is 4.79 Å². The molecule has 1 aliphatic rings. The van der Waals surface area contributed by atoms with Gasteiger partial charge in [0.1, 0.15) is 5.75 Å². The number of nitrogens with zero attached hydrogens (tertiary/aromatic N) is 2. The lowest BCUT2D eigenvalue weighted by Gasteiger charge is -2.21. The molecular formula is C16H22F2N2O2. The van der Waals surface area contributed by atoms with E-state index >= 15 is 0 Å². The van der Waals surface area contributed by atoms with Crippen LogP contribution in [0, 0.1) is 5.92 Å². The molecule has 1 fully saturated rings. The lowest BCUT2D eigenvalue weighted by molar-refractivity contribution is -0.129. The second-order valence-corrected chi connectivity index (χ2v) is 5.89. The van der Waals surface area contributed by atoms with Crippen LogP contribution in [0.1, 0.15) is 12.0 Å². The third-order valence-electron chi connectivity index (χ3n) is 3.93. The number of carbonyl (C=O) groups is 1. The van der Waals surface area contributed by atoms with Crippen molar-refractivity contribution in [3.63, 3.8) is 0 Å². The molecule has 0 bridgehead atoms. The number of hydrogen-bond donors (Lipinski definition) is 0. The summed E-state index contributed by atoms with van der Waals surface area (Å²) in [5, 5.41) is 0. The van der Waals surface area contributed by atoms with Crippen molar-refractivity contribution in [3.05, 3.63) is 29.8 Å². The van der Waals surface area contributed by atoms with Gasteiger partial charge >= 0.3 is 6.61 Å². The lowest BCUT2D eigenvalue weighted by atomic mass is 10.1. The molecule has 4 nitrogen and oxygen atoms in total. The van der Waals surface area contributed by atoms with E-state index in [1.165, 1.54) is 12.1 Å². The summed E-state index contributed by atoms with van der Waals surface area (Å²) in [6.45, 7) is -0.0428. The monoisotopic (exact) mass is 312 g/mol. The highest BCUT2D eigenvalue weighted by molar-refractivity contribution is 5.78. The Labute approximate surface area is 129 Å². The van der Waals surface area contributed by atoms with Gasteiger partial charge in [-0.15, -0.1) is 0 Å². The smallest absolute Gasteiger partial charge is 0.387 e. The number of alkyl halides is 2. The van der Waals surface area contributed by atoms with Crippen LogP contribution in [-0.4, -0.2) is 56.0 Å². The summed E-state index contributed by atoms with van der Waals surface area (Å²) in [5.41, 5.74) is 0.679. The van der Waals surface area contributed by atoms with E-state index in [-0.39, 0.29) is 18.1 Å². The second-order valence-electron chi connectivity index (χ2n) is 5.89. The third-order valence-corrected chi connectivity index (χ3v) is 3.93. The fourth-order valence-corrected chi connectivity index (χ4v) is 2.81. The summed E-state index contributed by atoms with van der Waals surface area (Å²) in [6.07, 6.45) is 1.30. The van der Waals surface area contributed by atoms with Crippen molar-refractivity contribution in [2.24, 2.45) is 5.92 Å². The van der Waals surface area contributed by atoms with Crippen molar-refractivity contribution >= 4 is 5.91 Å². The van der Waals surface area contributed by atoms with E-state index in [1.54, 1.807) is 24.1 Å². The quantitative estimate of drug-likeness (QED) is 0.807. The Morgan fingerprint density at radius 2 is 2.27 bits per heavy atom. The van der Waals surface area contributed by atoms with Crippen LogP contribution in [0.5, 0.6) is 5.75 Å². The molecule has 1 unspecified atom stereocenters. The lowest BCUT2D eigenvalue weighted by Crippen LogP contribution is -2.33. The van der Waals surface area contributed by atoms with E-state index in [0.29, 0.717) is 11.5 Å². The summed E-state index contributed by atoms with van der Waals surface area (Å²) >= 11 is 0. The number of amides is 1. The van der Waals surface area contributed by atoms with Crippen molar-refractivity contribution in [1.82, 2.24) is 9.80 Å². The number of benzene rings is 1. The van der Waals surface area contributed by atoms with Crippen molar-refractivity contribution in [2.45, 2.75) is 19.5 Å². The predicted molar refractivity (Wildman–Crippen MR) is 80.0 cm³/mol. The molecule has 0 radical (unpaired) electrons. The molecule has 1 aliphatic heterocycles. The number of carbonyl (C=O) groups excluding carboxylic acids is 1. The molecule has 1 amide bonds. The second kappa shape index (κ2) is 7.54. The average Bonchev–Trinajstić information content (AvgIpc) is 2.83. The number of likely N-dealkylation sites (tertiary alicyclic amines) is 1. The van der Waals surface area contributed by atoms with E-state index in [9.17, 15) is 13.6 Å². The summed E-state index contributed by atoms with van der Waals surface area (Å²) < 4.78 is 28.8. The van der Waals surface area contributed by atoms with E-state index in [2.05, 4.69) is 16.7 Å². The number of ether oxygens (including phenoxy) is 1. The first kappa shape index (κ1) is 16.7. The van der Waals surface area contributed by atoms with Gasteiger partial charge in [0.25, 0.3) is 0 Å². The van der Waals surface area contributed by atoms with Gasteiger partial charge < -0.3 is 14.5 Å². The van der Waals surface area contributed by atoms with Gasteiger partial charge in [0.05, 0.1) is 6.42 Å². The van der Waals surface area contributed by atoms with Crippen LogP contribution in [-0.2, 0) is 11.2 Å². The molecule has 1 atom stereocenters. The summed E-state index contributed by atoms with van der Waals surface area (Å²) in [5.74, 6) is 0.580. The van der Waals surface area contributed by atoms with Gasteiger partial charge in [-0.05, 0) is 43.6 Å². The van der Waals surface area contributed by atoms with E-state index in [1.807, 2.05) is 0 Å². The first-order valence-corrected chi connectivity index (χ1v) is 7.40. The molecular weight excluding hydrogens is 290 g/mol. The van der Waals surface area contributed by atoms with Crippen LogP contribution < -0.4 is 4.74 Å². The Hall–Kier alpha value is -1.69. The number of halogens is 2. The molecule has 1 aromatic rings. The summed E-state index contributed by atoms with van der Waals surface area (Å²) in [7, 11) is 3.87. The van der Waals surface area contributed by atoms with Crippen molar-refractivity contribution in [1.29, 1.82) is 0 Å². The fraction of sp³-hybridized carbons (Fsp3) is 0.562. The van der Waals surface area contributed by atoms with Gasteiger partial charge in [-0.1, -0.05) is 12.1 Å². The Morgan fingerprint density at radius 1 is 1.50 bits per heavy atom. The molecule has 0 aromatic heterocycles. The zero-order valence-corrected chi connectivity index (χ0v) is 13.0. The average molecular weight is 312 g/mol. The minimum absolute atomic E-state index is 0.0104. The van der Waals surface area contributed by atoms with Gasteiger partial charge in [-0.25, -0.2) is 0 Å². The minimum Gasteiger partial charge on any atom is -0.435 e. The summed E-state index contributed by atoms with van der Waals surface area (Å²) in [4.78, 5) is 16.2. The zero-order chi connectivity index (χ0) is 16.1. The van der Waals surface area contributed by atoms with Crippen molar-refractivity contribution in [3.8, 4) is 5.75 Å². The molecule has 122 valence electrons. The SMILES string of the molecule is CN1CCC(CN(C)C(=O)Cc2cccc(OC(F)F)c2)C1. The summed E-state index contributed by atoms with van der Waals surface area (Å²) in [6, 6.07) is 6.30. The van der Waals surface area contributed by atoms with Crippen LogP contribution in [0.4, 0.5) is 8.78 Å². The van der Waals surface area contributed by atoms with E-state index < -0.39 is 6.61 Å². The maximum absolute atomic E-state index is 12.2. The van der Waals surface area contributed by atoms with Gasteiger partial charge in [0, 0.05) is 20.1 Å². The molecule has 1 saturated heterocycles. The fourth-order valence-electron chi connectivity index (χ4n) is 2.81. The molecule has 1 heterocycles. The van der Waals surface area contributed by atoms with Gasteiger partial charge in [0.2, 0.25) is 5.91 Å². The topological polar surface area (TPSA) is 32.8 Å². The number of hydrogen-bond acceptors (Lipinski definition) is 3. The largest absolute Gasteiger partial charge is 0.435 e. The van der Waals surface area contributed by atoms with Crippen LogP contribution in [0.15, 0.2) is 24.3 Å². The Balaban J connectivity index is 1.88. The first-order chi connectivity index (χ1) is 10.4. The Bertz CT molecular complexity index is 511. The Morgan fingerprint density at radius 3 is 2.91 bits per heavy atom. The van der Waals surface area contributed by atoms with Crippen molar-refractivity contribution in [2.75, 3.05) is 33.7 Å². The molecule has 2 rings (SSSR count). The molecule has 6 heteroatoms. The molecule has 0 N–H and O–H groups in total. The number of rotatable bonds is 6. The highest BCUT2D eigenvalue weighted by atomic mass is 19.3. The highest BCUT2D eigenvalue weighted by Crippen LogP contribution is 2.18. The molecule has 0 aliphatic carbocycles. The van der Waals surface area contributed by atoms with Gasteiger partial charge in [0.15, 0.2) is 0 Å². The molecule has 0 saturated carbocycles. The normalized spacial score (nSPS) is 18.7.